The van der Waals surface area contributed by atoms with E-state index < -0.39 is 0 Å². The topological polar surface area (TPSA) is 46.2 Å². The molecule has 1 saturated heterocycles. The number of allylic oxidation sites excluding steroid dienone is 3. The van der Waals surface area contributed by atoms with Gasteiger partial charge in [-0.1, -0.05) is 36.4 Å². The molecular weight excluding hydrogens is 238 g/mol. The molecule has 2 aliphatic carbocycles. The second-order valence-electron chi connectivity index (χ2n) is 5.34. The summed E-state index contributed by atoms with van der Waals surface area (Å²) in [5.74, 6) is -0.474. The van der Waals surface area contributed by atoms with Crippen molar-refractivity contribution in [2.24, 2.45) is 11.8 Å². The van der Waals surface area contributed by atoms with Crippen LogP contribution in [-0.2, 0) is 16.0 Å². The lowest BCUT2D eigenvalue weighted by molar-refractivity contribution is -0.126. The van der Waals surface area contributed by atoms with Gasteiger partial charge in [0.1, 0.15) is 0 Å². The molecule has 1 aromatic carbocycles. The summed E-state index contributed by atoms with van der Waals surface area (Å²) in [6, 6.07) is 8.34. The largest absolute Gasteiger partial charge is 0.292 e. The van der Waals surface area contributed by atoms with Crippen molar-refractivity contribution in [2.75, 3.05) is 0 Å². The van der Waals surface area contributed by atoms with Gasteiger partial charge in [-0.25, -0.2) is 0 Å². The van der Waals surface area contributed by atoms with Gasteiger partial charge in [-0.3, -0.25) is 14.9 Å². The smallest absolute Gasteiger partial charge is 0.254 e. The highest BCUT2D eigenvalue weighted by Crippen LogP contribution is 2.45. The standard InChI is InChI=1S/C16H13NO2/c18-15-13-8-7-11-10-4-2-1-3-9(10)5-6-12(11)14(13)16(19)17-15/h1-4,7-8,12,14H,5-6H2,(H,17,18,19). The number of carbonyl (C=O) groups excluding carboxylic acids is 2. The fraction of sp³-hybridized carbons (Fsp3) is 0.250. The van der Waals surface area contributed by atoms with Gasteiger partial charge in [-0.2, -0.15) is 0 Å². The highest BCUT2D eigenvalue weighted by molar-refractivity contribution is 6.16. The average Bonchev–Trinajstić information content (AvgIpc) is 2.74. The summed E-state index contributed by atoms with van der Waals surface area (Å²) < 4.78 is 0. The Bertz CT molecular complexity index is 669. The monoisotopic (exact) mass is 251 g/mol. The van der Waals surface area contributed by atoms with Crippen LogP contribution >= 0.6 is 0 Å². The Morgan fingerprint density at radius 2 is 1.84 bits per heavy atom. The summed E-state index contributed by atoms with van der Waals surface area (Å²) in [5.41, 5.74) is 4.42. The summed E-state index contributed by atoms with van der Waals surface area (Å²) in [6.07, 6.45) is 5.75. The third kappa shape index (κ3) is 1.38. The summed E-state index contributed by atoms with van der Waals surface area (Å²) in [7, 11) is 0. The van der Waals surface area contributed by atoms with Gasteiger partial charge in [-0.05, 0) is 29.5 Å². The summed E-state index contributed by atoms with van der Waals surface area (Å²) in [4.78, 5) is 23.7. The predicted molar refractivity (Wildman–Crippen MR) is 71.0 cm³/mol. The Labute approximate surface area is 111 Å². The fourth-order valence-corrected chi connectivity index (χ4v) is 3.55. The third-order valence-electron chi connectivity index (χ3n) is 4.41. The molecule has 1 N–H and O–H groups in total. The van der Waals surface area contributed by atoms with E-state index in [4.69, 9.17) is 0 Å². The molecule has 3 aliphatic rings. The third-order valence-corrected chi connectivity index (χ3v) is 4.41. The van der Waals surface area contributed by atoms with Gasteiger partial charge in [-0.15, -0.1) is 0 Å². The SMILES string of the molecule is O=C1NC(=O)C2C1=CC=C1c3ccccc3CCC12. The molecule has 2 amide bonds. The van der Waals surface area contributed by atoms with E-state index in [-0.39, 0.29) is 23.7 Å². The Morgan fingerprint density at radius 1 is 1.05 bits per heavy atom. The number of nitrogens with one attached hydrogen (secondary N) is 1. The van der Waals surface area contributed by atoms with Crippen LogP contribution in [0, 0.1) is 11.8 Å². The van der Waals surface area contributed by atoms with E-state index in [1.54, 1.807) is 0 Å². The van der Waals surface area contributed by atoms with Gasteiger partial charge in [0.25, 0.3) is 5.91 Å². The number of benzene rings is 1. The summed E-state index contributed by atoms with van der Waals surface area (Å²) >= 11 is 0. The van der Waals surface area contributed by atoms with Crippen LogP contribution in [0.4, 0.5) is 0 Å². The quantitative estimate of drug-likeness (QED) is 0.715. The zero-order valence-electron chi connectivity index (χ0n) is 10.3. The van der Waals surface area contributed by atoms with E-state index in [9.17, 15) is 9.59 Å². The lowest BCUT2D eigenvalue weighted by atomic mass is 9.69. The number of imide groups is 1. The number of hydrogen-bond acceptors (Lipinski definition) is 2. The molecule has 4 rings (SSSR count). The van der Waals surface area contributed by atoms with E-state index in [2.05, 4.69) is 23.5 Å². The Balaban J connectivity index is 1.88. The van der Waals surface area contributed by atoms with E-state index in [0.717, 1.165) is 12.8 Å². The number of rotatable bonds is 0. The molecule has 3 heteroatoms. The number of aryl methyl sites for hydroxylation is 1. The number of fused-ring (bicyclic) bond motifs is 5. The zero-order valence-corrected chi connectivity index (χ0v) is 10.3. The van der Waals surface area contributed by atoms with Crippen molar-refractivity contribution in [2.45, 2.75) is 12.8 Å². The molecule has 0 radical (unpaired) electrons. The number of hydrogen-bond donors (Lipinski definition) is 1. The number of amides is 2. The molecule has 0 saturated carbocycles. The first-order valence-corrected chi connectivity index (χ1v) is 6.61. The molecule has 2 atom stereocenters. The lowest BCUT2D eigenvalue weighted by Gasteiger charge is -2.33. The first-order chi connectivity index (χ1) is 9.25. The maximum absolute atomic E-state index is 12.0. The minimum atomic E-state index is -0.277. The first-order valence-electron chi connectivity index (χ1n) is 6.61. The minimum absolute atomic E-state index is 0.133. The normalized spacial score (nSPS) is 27.8. The molecule has 1 aliphatic heterocycles. The molecule has 0 aromatic heterocycles. The van der Waals surface area contributed by atoms with Gasteiger partial charge in [0.2, 0.25) is 5.91 Å². The molecule has 0 bridgehead atoms. The van der Waals surface area contributed by atoms with E-state index in [1.165, 1.54) is 16.7 Å². The van der Waals surface area contributed by atoms with Crippen molar-refractivity contribution in [3.8, 4) is 0 Å². The van der Waals surface area contributed by atoms with Crippen LogP contribution in [0.5, 0.6) is 0 Å². The van der Waals surface area contributed by atoms with E-state index in [0.29, 0.717) is 5.57 Å². The van der Waals surface area contributed by atoms with Crippen molar-refractivity contribution in [3.63, 3.8) is 0 Å². The summed E-state index contributed by atoms with van der Waals surface area (Å²) in [6.45, 7) is 0. The molecule has 3 nitrogen and oxygen atoms in total. The molecule has 0 spiro atoms. The van der Waals surface area contributed by atoms with Crippen molar-refractivity contribution >= 4 is 17.4 Å². The maximum atomic E-state index is 12.0. The second-order valence-corrected chi connectivity index (χ2v) is 5.34. The van der Waals surface area contributed by atoms with Crippen LogP contribution in [0.25, 0.3) is 5.57 Å². The van der Waals surface area contributed by atoms with Crippen LogP contribution < -0.4 is 5.32 Å². The molecule has 94 valence electrons. The van der Waals surface area contributed by atoms with Gasteiger partial charge < -0.3 is 0 Å². The maximum Gasteiger partial charge on any atom is 0.254 e. The van der Waals surface area contributed by atoms with Crippen LogP contribution in [0.1, 0.15) is 17.5 Å². The van der Waals surface area contributed by atoms with Crippen LogP contribution in [0.3, 0.4) is 0 Å². The highest BCUT2D eigenvalue weighted by Gasteiger charge is 2.45. The predicted octanol–water partition coefficient (Wildman–Crippen LogP) is 1.84. The van der Waals surface area contributed by atoms with Crippen molar-refractivity contribution in [1.82, 2.24) is 5.32 Å². The van der Waals surface area contributed by atoms with Gasteiger partial charge in [0.05, 0.1) is 5.92 Å². The molecule has 2 unspecified atom stereocenters. The van der Waals surface area contributed by atoms with Gasteiger partial charge >= 0.3 is 0 Å². The Hall–Kier alpha value is -2.16. The highest BCUT2D eigenvalue weighted by atomic mass is 16.2. The molecule has 1 heterocycles. The molecule has 1 fully saturated rings. The molecular formula is C16H13NO2. The lowest BCUT2D eigenvalue weighted by Crippen LogP contribution is -2.30. The number of carbonyl (C=O) groups is 2. The van der Waals surface area contributed by atoms with Crippen LogP contribution in [-0.4, -0.2) is 11.8 Å². The van der Waals surface area contributed by atoms with Crippen molar-refractivity contribution in [3.05, 3.63) is 53.1 Å². The van der Waals surface area contributed by atoms with Crippen LogP contribution in [0.2, 0.25) is 0 Å². The molecule has 19 heavy (non-hydrogen) atoms. The van der Waals surface area contributed by atoms with E-state index in [1.807, 2.05) is 18.2 Å². The summed E-state index contributed by atoms with van der Waals surface area (Å²) in [5, 5.41) is 2.44. The first kappa shape index (κ1) is 10.7. The van der Waals surface area contributed by atoms with Crippen molar-refractivity contribution in [1.29, 1.82) is 0 Å². The van der Waals surface area contributed by atoms with Crippen LogP contribution in [0.15, 0.2) is 42.0 Å². The fourth-order valence-electron chi connectivity index (χ4n) is 3.55. The average molecular weight is 251 g/mol. The Kier molecular flexibility index (Phi) is 2.07. The Morgan fingerprint density at radius 3 is 2.74 bits per heavy atom. The van der Waals surface area contributed by atoms with Gasteiger partial charge in [0, 0.05) is 11.5 Å². The van der Waals surface area contributed by atoms with Gasteiger partial charge in [0.15, 0.2) is 0 Å². The van der Waals surface area contributed by atoms with Crippen molar-refractivity contribution < 1.29 is 9.59 Å². The molecule has 1 aromatic rings. The second kappa shape index (κ2) is 3.67. The van der Waals surface area contributed by atoms with E-state index >= 15 is 0 Å². The minimum Gasteiger partial charge on any atom is -0.292 e. The zero-order chi connectivity index (χ0) is 13.0.